The number of nitrogens with one attached hydrogen (secondary N) is 3. The van der Waals surface area contributed by atoms with Crippen molar-refractivity contribution < 1.29 is 27.3 Å². The number of alkyl halides is 3. The second kappa shape index (κ2) is 14.6. The first-order valence-electron chi connectivity index (χ1n) is 15.8. The molecule has 2 heterocycles. The number of hydrogen-bond donors (Lipinski definition) is 3. The molecule has 12 heteroatoms. The lowest BCUT2D eigenvalue weighted by atomic mass is 9.93. The maximum absolute atomic E-state index is 14.0. The molecule has 5 rings (SSSR count). The largest absolute Gasteiger partial charge is 0.416 e. The number of likely N-dealkylation sites (N-methyl/N-ethyl adjacent to an activating group) is 1. The molecule has 1 aliphatic heterocycles. The van der Waals surface area contributed by atoms with Gasteiger partial charge >= 0.3 is 12.2 Å². The molecule has 9 nitrogen and oxygen atoms in total. The van der Waals surface area contributed by atoms with Crippen LogP contribution in [0.15, 0.2) is 71.3 Å². The van der Waals surface area contributed by atoms with E-state index in [1.165, 1.54) is 12.1 Å². The van der Waals surface area contributed by atoms with Crippen molar-refractivity contribution in [1.82, 2.24) is 15.0 Å². The maximum atomic E-state index is 14.0. The highest BCUT2D eigenvalue weighted by Gasteiger charge is 2.34. The summed E-state index contributed by atoms with van der Waals surface area (Å²) in [6.45, 7) is 11.0. The molecule has 49 heavy (non-hydrogen) atoms. The number of rotatable bonds is 6. The SMILES string of the molecule is Cc1ccc(C(=O)Nc2ccc(CN3CCN(C)CC3)c(C(F)(F)F)c2)cc1C#Cc1ccc(NC(=O)Nc2cc(C(C)(C)C)on2)cc1. The third kappa shape index (κ3) is 9.49. The molecule has 0 radical (unpaired) electrons. The van der Waals surface area contributed by atoms with Gasteiger partial charge in [-0.2, -0.15) is 13.2 Å². The molecule has 0 unspecified atom stereocenters. The zero-order valence-corrected chi connectivity index (χ0v) is 28.1. The first kappa shape index (κ1) is 35.2. The van der Waals surface area contributed by atoms with Gasteiger partial charge in [0.25, 0.3) is 5.91 Å². The number of aromatic nitrogens is 1. The number of hydrogen-bond acceptors (Lipinski definition) is 6. The smallest absolute Gasteiger partial charge is 0.359 e. The fourth-order valence-electron chi connectivity index (χ4n) is 5.15. The maximum Gasteiger partial charge on any atom is 0.416 e. The normalized spacial score (nSPS) is 14.1. The molecule has 3 N–H and O–H groups in total. The summed E-state index contributed by atoms with van der Waals surface area (Å²) in [5, 5.41) is 11.9. The fraction of sp³-hybridized carbons (Fsp3) is 0.324. The minimum Gasteiger partial charge on any atom is -0.359 e. The van der Waals surface area contributed by atoms with Crippen molar-refractivity contribution in [2.24, 2.45) is 0 Å². The summed E-state index contributed by atoms with van der Waals surface area (Å²) in [6.07, 6.45) is -4.57. The van der Waals surface area contributed by atoms with Crippen LogP contribution < -0.4 is 16.0 Å². The summed E-state index contributed by atoms with van der Waals surface area (Å²) in [7, 11) is 1.99. The highest BCUT2D eigenvalue weighted by Crippen LogP contribution is 2.35. The lowest BCUT2D eigenvalue weighted by Gasteiger charge is -2.33. The first-order valence-corrected chi connectivity index (χ1v) is 15.8. The van der Waals surface area contributed by atoms with Crippen LogP contribution in [-0.4, -0.2) is 60.1 Å². The topological polar surface area (TPSA) is 103 Å². The predicted octanol–water partition coefficient (Wildman–Crippen LogP) is 7.34. The van der Waals surface area contributed by atoms with Crippen LogP contribution >= 0.6 is 0 Å². The Balaban J connectivity index is 1.22. The minimum atomic E-state index is -4.57. The fourth-order valence-corrected chi connectivity index (χ4v) is 5.15. The average Bonchev–Trinajstić information content (AvgIpc) is 3.52. The van der Waals surface area contributed by atoms with Crippen LogP contribution in [0.5, 0.6) is 0 Å². The average molecular weight is 673 g/mol. The molecule has 4 aromatic rings. The Morgan fingerprint density at radius 1 is 0.857 bits per heavy atom. The molecule has 0 spiro atoms. The van der Waals surface area contributed by atoms with Gasteiger partial charge in [0, 0.05) is 72.3 Å². The molecule has 1 aromatic heterocycles. The number of carbonyl (C=O) groups excluding carboxylic acids is 2. The number of nitrogens with zero attached hydrogens (tertiary/aromatic N) is 3. The Hall–Kier alpha value is -5.12. The summed E-state index contributed by atoms with van der Waals surface area (Å²) in [5.41, 5.74) is 2.13. The second-order valence-corrected chi connectivity index (χ2v) is 13.2. The molecule has 3 aromatic carbocycles. The van der Waals surface area contributed by atoms with Crippen LogP contribution in [0.1, 0.15) is 64.7 Å². The van der Waals surface area contributed by atoms with Crippen molar-refractivity contribution in [3.05, 3.63) is 106 Å². The number of urea groups is 1. The molecule has 1 aliphatic rings. The van der Waals surface area contributed by atoms with Crippen LogP contribution in [0, 0.1) is 18.8 Å². The van der Waals surface area contributed by atoms with Gasteiger partial charge in [0.05, 0.1) is 5.56 Å². The molecule has 3 amide bonds. The molecular formula is C37H39F3N6O3. The summed E-state index contributed by atoms with van der Waals surface area (Å²) in [4.78, 5) is 29.7. The number of aryl methyl sites for hydroxylation is 1. The molecule has 1 fully saturated rings. The first-order chi connectivity index (χ1) is 23.1. The van der Waals surface area contributed by atoms with Gasteiger partial charge in [-0.15, -0.1) is 0 Å². The van der Waals surface area contributed by atoms with E-state index in [1.807, 2.05) is 39.6 Å². The Kier molecular flexibility index (Phi) is 10.5. The number of carbonyl (C=O) groups is 2. The van der Waals surface area contributed by atoms with Crippen LogP contribution in [0.4, 0.5) is 35.2 Å². The van der Waals surface area contributed by atoms with E-state index < -0.39 is 23.7 Å². The highest BCUT2D eigenvalue weighted by molar-refractivity contribution is 6.04. The quantitative estimate of drug-likeness (QED) is 0.185. The van der Waals surface area contributed by atoms with Gasteiger partial charge in [-0.05, 0) is 73.6 Å². The lowest BCUT2D eigenvalue weighted by molar-refractivity contribution is -0.138. The zero-order valence-electron chi connectivity index (χ0n) is 28.1. The molecule has 256 valence electrons. The van der Waals surface area contributed by atoms with Gasteiger partial charge in [0.15, 0.2) is 5.82 Å². The third-order valence-corrected chi connectivity index (χ3v) is 8.14. The van der Waals surface area contributed by atoms with Crippen molar-refractivity contribution in [3.8, 4) is 11.8 Å². The summed E-state index contributed by atoms with van der Waals surface area (Å²) in [6, 6.07) is 17.0. The molecule has 0 saturated carbocycles. The molecule has 1 saturated heterocycles. The van der Waals surface area contributed by atoms with E-state index in [9.17, 15) is 22.8 Å². The molecular weight excluding hydrogens is 633 g/mol. The molecule has 0 aliphatic carbocycles. The van der Waals surface area contributed by atoms with Crippen molar-refractivity contribution in [2.45, 2.75) is 45.8 Å². The van der Waals surface area contributed by atoms with Crippen molar-refractivity contribution in [2.75, 3.05) is 49.2 Å². The number of piperazine rings is 1. The van der Waals surface area contributed by atoms with E-state index in [0.717, 1.165) is 24.7 Å². The summed E-state index contributed by atoms with van der Waals surface area (Å²) >= 11 is 0. The lowest BCUT2D eigenvalue weighted by Crippen LogP contribution is -2.44. The third-order valence-electron chi connectivity index (χ3n) is 8.14. The Morgan fingerprint density at radius 3 is 2.20 bits per heavy atom. The van der Waals surface area contributed by atoms with E-state index in [4.69, 9.17) is 4.52 Å². The van der Waals surface area contributed by atoms with Crippen LogP contribution in [-0.2, 0) is 18.1 Å². The predicted molar refractivity (Wildman–Crippen MR) is 184 cm³/mol. The molecule has 0 bridgehead atoms. The minimum absolute atomic E-state index is 0.0609. The van der Waals surface area contributed by atoms with E-state index in [1.54, 1.807) is 48.5 Å². The van der Waals surface area contributed by atoms with Gasteiger partial charge in [-0.25, -0.2) is 4.79 Å². The van der Waals surface area contributed by atoms with Gasteiger partial charge in [-0.3, -0.25) is 15.0 Å². The summed E-state index contributed by atoms with van der Waals surface area (Å²) in [5.74, 6) is 6.53. The summed E-state index contributed by atoms with van der Waals surface area (Å²) < 4.78 is 47.4. The van der Waals surface area contributed by atoms with E-state index in [-0.39, 0.29) is 28.8 Å². The Labute approximate surface area is 283 Å². The van der Waals surface area contributed by atoms with Gasteiger partial charge < -0.3 is 20.1 Å². The number of benzene rings is 3. The van der Waals surface area contributed by atoms with Crippen LogP contribution in [0.2, 0.25) is 0 Å². The number of anilines is 3. The standard InChI is InChI=1S/C37H39F3N6O3/c1-24-6-10-27(34(47)41-30-15-12-28(31(21-30)37(38,39)40)23-46-18-16-45(5)17-19-46)20-26(24)11-7-25-8-13-29(14-9-25)42-35(48)43-33-22-32(49-44-33)36(2,3)4/h6,8-10,12-15,20-22H,16-19,23H2,1-5H3,(H,41,47)(H2,42,43,44,48). The van der Waals surface area contributed by atoms with Crippen molar-refractivity contribution in [1.29, 1.82) is 0 Å². The van der Waals surface area contributed by atoms with Crippen LogP contribution in [0.3, 0.4) is 0 Å². The number of halogens is 3. The van der Waals surface area contributed by atoms with Gasteiger partial charge in [0.1, 0.15) is 5.76 Å². The monoisotopic (exact) mass is 672 g/mol. The second-order valence-electron chi connectivity index (χ2n) is 13.2. The Morgan fingerprint density at radius 2 is 1.55 bits per heavy atom. The Bertz CT molecular complexity index is 1880. The van der Waals surface area contributed by atoms with Gasteiger partial charge in [0.2, 0.25) is 0 Å². The van der Waals surface area contributed by atoms with Crippen molar-refractivity contribution in [3.63, 3.8) is 0 Å². The number of amides is 3. The highest BCUT2D eigenvalue weighted by atomic mass is 19.4. The van der Waals surface area contributed by atoms with E-state index in [2.05, 4.69) is 37.8 Å². The van der Waals surface area contributed by atoms with Crippen LogP contribution in [0.25, 0.3) is 0 Å². The zero-order chi connectivity index (χ0) is 35.3. The van der Waals surface area contributed by atoms with Gasteiger partial charge in [-0.1, -0.05) is 49.9 Å². The van der Waals surface area contributed by atoms with Crippen molar-refractivity contribution >= 4 is 29.1 Å². The molecule has 0 atom stereocenters. The van der Waals surface area contributed by atoms with E-state index >= 15 is 0 Å². The van der Waals surface area contributed by atoms with E-state index in [0.29, 0.717) is 41.5 Å².